The van der Waals surface area contributed by atoms with E-state index in [4.69, 9.17) is 4.74 Å². The summed E-state index contributed by atoms with van der Waals surface area (Å²) in [4.78, 5) is 2.54. The van der Waals surface area contributed by atoms with Gasteiger partial charge in [0.15, 0.2) is 0 Å². The first kappa shape index (κ1) is 14.7. The third-order valence-corrected chi connectivity index (χ3v) is 3.89. The normalized spacial score (nSPS) is 20.2. The maximum Gasteiger partial charge on any atom is 0.0594 e. The Morgan fingerprint density at radius 1 is 1.41 bits per heavy atom. The van der Waals surface area contributed by atoms with Gasteiger partial charge in [0.2, 0.25) is 0 Å². The van der Waals surface area contributed by atoms with Crippen LogP contribution in [-0.2, 0) is 4.74 Å². The van der Waals surface area contributed by atoms with E-state index in [2.05, 4.69) is 44.6 Å². The molecule has 1 atom stereocenters. The van der Waals surface area contributed by atoms with E-state index >= 15 is 0 Å². The van der Waals surface area contributed by atoms with E-state index in [1.807, 2.05) is 0 Å². The predicted octanol–water partition coefficient (Wildman–Crippen LogP) is 2.04. The molecule has 3 nitrogen and oxygen atoms in total. The first-order valence-corrected chi connectivity index (χ1v) is 6.63. The van der Waals surface area contributed by atoms with Crippen molar-refractivity contribution < 1.29 is 4.74 Å². The fraction of sp³-hybridized carbons (Fsp3) is 0.857. The summed E-state index contributed by atoms with van der Waals surface area (Å²) in [6.45, 7) is 14.6. The van der Waals surface area contributed by atoms with Crippen LogP contribution in [0.2, 0.25) is 0 Å². The number of nitrogens with one attached hydrogen (secondary N) is 1. The largest absolute Gasteiger partial charge is 0.379 e. The molecular weight excluding hydrogens is 212 g/mol. The Bertz CT molecular complexity index is 245. The molecule has 0 amide bonds. The second-order valence-corrected chi connectivity index (χ2v) is 5.59. The Balaban J connectivity index is 2.59. The number of rotatable bonds is 6. The van der Waals surface area contributed by atoms with Crippen LogP contribution in [0.15, 0.2) is 12.2 Å². The summed E-state index contributed by atoms with van der Waals surface area (Å²) in [5, 5.41) is 3.47. The predicted molar refractivity (Wildman–Crippen MR) is 73.4 cm³/mol. The summed E-state index contributed by atoms with van der Waals surface area (Å²) in [6.07, 6.45) is 2.25. The summed E-state index contributed by atoms with van der Waals surface area (Å²) in [7, 11) is 2.06. The van der Waals surface area contributed by atoms with Crippen molar-refractivity contribution in [1.29, 1.82) is 0 Å². The molecule has 3 heteroatoms. The summed E-state index contributed by atoms with van der Waals surface area (Å²) >= 11 is 0. The fourth-order valence-electron chi connectivity index (χ4n) is 2.60. The van der Waals surface area contributed by atoms with Crippen LogP contribution >= 0.6 is 0 Å². The highest BCUT2D eigenvalue weighted by Crippen LogP contribution is 2.24. The van der Waals surface area contributed by atoms with Crippen molar-refractivity contribution in [3.8, 4) is 0 Å². The lowest BCUT2D eigenvalue weighted by Crippen LogP contribution is -2.59. The minimum absolute atomic E-state index is 0.175. The Morgan fingerprint density at radius 3 is 2.47 bits per heavy atom. The molecule has 0 radical (unpaired) electrons. The van der Waals surface area contributed by atoms with Gasteiger partial charge in [0.05, 0.1) is 13.2 Å². The standard InChI is InChI=1S/C14H28N2O/c1-12(2)6-7-13(15-5)14(3,4)16-8-10-17-11-9-16/h13,15H,1,6-11H2,2-5H3. The number of allylic oxidation sites excluding steroid dienone is 1. The summed E-state index contributed by atoms with van der Waals surface area (Å²) in [5.41, 5.74) is 1.44. The van der Waals surface area contributed by atoms with Crippen molar-refractivity contribution in [1.82, 2.24) is 10.2 Å². The van der Waals surface area contributed by atoms with Gasteiger partial charge in [0, 0.05) is 24.7 Å². The number of hydrogen-bond donors (Lipinski definition) is 1. The molecule has 1 aliphatic heterocycles. The van der Waals surface area contributed by atoms with Crippen molar-refractivity contribution in [2.75, 3.05) is 33.4 Å². The smallest absolute Gasteiger partial charge is 0.0594 e. The van der Waals surface area contributed by atoms with Gasteiger partial charge >= 0.3 is 0 Å². The molecule has 0 aromatic rings. The molecular formula is C14H28N2O. The van der Waals surface area contributed by atoms with Crippen LogP contribution in [0.25, 0.3) is 0 Å². The van der Waals surface area contributed by atoms with Crippen LogP contribution < -0.4 is 5.32 Å². The van der Waals surface area contributed by atoms with Crippen molar-refractivity contribution in [3.63, 3.8) is 0 Å². The Labute approximate surface area is 106 Å². The van der Waals surface area contributed by atoms with Gasteiger partial charge < -0.3 is 10.1 Å². The first-order valence-electron chi connectivity index (χ1n) is 6.63. The minimum Gasteiger partial charge on any atom is -0.379 e. The zero-order valence-corrected chi connectivity index (χ0v) is 11.9. The number of morpholine rings is 1. The van der Waals surface area contributed by atoms with E-state index < -0.39 is 0 Å². The lowest BCUT2D eigenvalue weighted by Gasteiger charge is -2.46. The molecule has 1 fully saturated rings. The van der Waals surface area contributed by atoms with Gasteiger partial charge in [-0.3, -0.25) is 4.90 Å². The van der Waals surface area contributed by atoms with E-state index in [1.165, 1.54) is 5.57 Å². The van der Waals surface area contributed by atoms with E-state index in [-0.39, 0.29) is 5.54 Å². The van der Waals surface area contributed by atoms with E-state index in [0.29, 0.717) is 6.04 Å². The van der Waals surface area contributed by atoms with Crippen molar-refractivity contribution in [2.45, 2.75) is 45.2 Å². The van der Waals surface area contributed by atoms with Gasteiger partial charge in [-0.05, 0) is 40.7 Å². The summed E-state index contributed by atoms with van der Waals surface area (Å²) < 4.78 is 5.43. The van der Waals surface area contributed by atoms with Gasteiger partial charge in [-0.2, -0.15) is 0 Å². The second kappa shape index (κ2) is 6.53. The molecule has 1 aliphatic rings. The second-order valence-electron chi connectivity index (χ2n) is 5.59. The van der Waals surface area contributed by atoms with Crippen LogP contribution in [0.5, 0.6) is 0 Å². The van der Waals surface area contributed by atoms with Crippen LogP contribution in [-0.4, -0.2) is 49.8 Å². The zero-order chi connectivity index (χ0) is 12.9. The first-order chi connectivity index (χ1) is 7.98. The average Bonchev–Trinajstić information content (AvgIpc) is 2.30. The van der Waals surface area contributed by atoms with Gasteiger partial charge in [0.1, 0.15) is 0 Å². The van der Waals surface area contributed by atoms with Crippen LogP contribution in [0.3, 0.4) is 0 Å². The van der Waals surface area contributed by atoms with Crippen LogP contribution in [0.4, 0.5) is 0 Å². The fourth-order valence-corrected chi connectivity index (χ4v) is 2.60. The van der Waals surface area contributed by atoms with E-state index in [9.17, 15) is 0 Å². The quantitative estimate of drug-likeness (QED) is 0.719. The molecule has 1 N–H and O–H groups in total. The number of nitrogens with zero attached hydrogens (tertiary/aromatic N) is 1. The Morgan fingerprint density at radius 2 is 2.00 bits per heavy atom. The minimum atomic E-state index is 0.175. The van der Waals surface area contributed by atoms with Crippen LogP contribution in [0.1, 0.15) is 33.6 Å². The van der Waals surface area contributed by atoms with Gasteiger partial charge in [-0.25, -0.2) is 0 Å². The van der Waals surface area contributed by atoms with Crippen LogP contribution in [0, 0.1) is 0 Å². The highest BCUT2D eigenvalue weighted by atomic mass is 16.5. The summed E-state index contributed by atoms with van der Waals surface area (Å²) in [6, 6.07) is 0.497. The molecule has 0 aromatic carbocycles. The molecule has 1 heterocycles. The van der Waals surface area contributed by atoms with Crippen molar-refractivity contribution >= 4 is 0 Å². The molecule has 1 saturated heterocycles. The lowest BCUT2D eigenvalue weighted by atomic mass is 9.87. The molecule has 0 saturated carbocycles. The average molecular weight is 240 g/mol. The Kier molecular flexibility index (Phi) is 5.63. The highest BCUT2D eigenvalue weighted by Gasteiger charge is 2.34. The van der Waals surface area contributed by atoms with E-state index in [1.54, 1.807) is 0 Å². The molecule has 1 unspecified atom stereocenters. The molecule has 0 aromatic heterocycles. The molecule has 100 valence electrons. The third kappa shape index (κ3) is 4.09. The van der Waals surface area contributed by atoms with Gasteiger partial charge in [-0.1, -0.05) is 5.57 Å². The zero-order valence-electron chi connectivity index (χ0n) is 11.9. The summed E-state index contributed by atoms with van der Waals surface area (Å²) in [5.74, 6) is 0. The van der Waals surface area contributed by atoms with E-state index in [0.717, 1.165) is 39.1 Å². The molecule has 0 bridgehead atoms. The molecule has 0 aliphatic carbocycles. The monoisotopic (exact) mass is 240 g/mol. The third-order valence-electron chi connectivity index (χ3n) is 3.89. The highest BCUT2D eigenvalue weighted by molar-refractivity contribution is 4.97. The topological polar surface area (TPSA) is 24.5 Å². The number of ether oxygens (including phenoxy) is 1. The van der Waals surface area contributed by atoms with Crippen molar-refractivity contribution in [2.24, 2.45) is 0 Å². The number of hydrogen-bond acceptors (Lipinski definition) is 3. The lowest BCUT2D eigenvalue weighted by molar-refractivity contribution is -0.0233. The molecule has 1 rings (SSSR count). The van der Waals surface area contributed by atoms with Gasteiger partial charge in [0.25, 0.3) is 0 Å². The maximum absolute atomic E-state index is 5.43. The Hall–Kier alpha value is -0.380. The maximum atomic E-state index is 5.43. The van der Waals surface area contributed by atoms with Crippen molar-refractivity contribution in [3.05, 3.63) is 12.2 Å². The molecule has 0 spiro atoms. The SMILES string of the molecule is C=C(C)CCC(NC)C(C)(C)N1CCOCC1. The van der Waals surface area contributed by atoms with Gasteiger partial charge in [-0.15, -0.1) is 6.58 Å². The molecule has 17 heavy (non-hydrogen) atoms. The number of likely N-dealkylation sites (N-methyl/N-ethyl adjacent to an activating group) is 1.